The molecule has 4 rings (SSSR count). The molecule has 0 aliphatic heterocycles. The van der Waals surface area contributed by atoms with Gasteiger partial charge in [-0.25, -0.2) is 4.98 Å². The highest BCUT2D eigenvalue weighted by Gasteiger charge is 2.16. The van der Waals surface area contributed by atoms with Crippen molar-refractivity contribution in [3.8, 4) is 22.5 Å². The van der Waals surface area contributed by atoms with Crippen LogP contribution in [0.1, 0.15) is 35.0 Å². The van der Waals surface area contributed by atoms with Gasteiger partial charge in [0.1, 0.15) is 5.69 Å². The van der Waals surface area contributed by atoms with Gasteiger partial charge in [0, 0.05) is 36.0 Å². The molecular formula is C25H24N4O3S. The zero-order valence-corrected chi connectivity index (χ0v) is 19.2. The number of nitrogens with one attached hydrogen (secondary N) is 2. The minimum Gasteiger partial charge on any atom is -0.356 e. The summed E-state index contributed by atoms with van der Waals surface area (Å²) in [4.78, 5) is 28.0. The Hall–Kier alpha value is -3.78. The number of carbonyl (C=O) groups excluding carboxylic acids is 2. The van der Waals surface area contributed by atoms with Crippen molar-refractivity contribution in [3.05, 3.63) is 76.9 Å². The normalized spacial score (nSPS) is 10.7. The van der Waals surface area contributed by atoms with Gasteiger partial charge in [0.25, 0.3) is 5.91 Å². The molecule has 0 atom stereocenters. The molecule has 8 heteroatoms. The third-order valence-corrected chi connectivity index (χ3v) is 5.83. The number of nitrogens with zero attached hydrogens (tertiary/aromatic N) is 2. The molecule has 0 radical (unpaired) electrons. The molecular weight excluding hydrogens is 436 g/mol. The lowest BCUT2D eigenvalue weighted by molar-refractivity contribution is -0.118. The van der Waals surface area contributed by atoms with Crippen LogP contribution in [-0.2, 0) is 11.2 Å². The lowest BCUT2D eigenvalue weighted by Gasteiger charge is -2.04. The maximum Gasteiger partial charge on any atom is 0.296 e. The summed E-state index contributed by atoms with van der Waals surface area (Å²) in [7, 11) is 0. The fraction of sp³-hybridized carbons (Fsp3) is 0.200. The van der Waals surface area contributed by atoms with Crippen molar-refractivity contribution in [3.63, 3.8) is 0 Å². The maximum atomic E-state index is 12.6. The quantitative estimate of drug-likeness (QED) is 0.357. The van der Waals surface area contributed by atoms with Crippen molar-refractivity contribution in [2.24, 2.45) is 0 Å². The minimum absolute atomic E-state index is 0.00760. The highest BCUT2D eigenvalue weighted by Crippen LogP contribution is 2.26. The standard InChI is InChI=1S/C25H24N4O3S/c1-16-5-9-19(10-6-16)21-14-23(32-29-21)24(31)28-25-27-22(15-33-25)20-11-7-18(8-12-20)4-3-13-26-17(2)30/h5-12,14-15H,3-4,13H2,1-2H3,(H,26,30)(H,27,28,31). The number of anilines is 1. The summed E-state index contributed by atoms with van der Waals surface area (Å²) in [6.45, 7) is 4.20. The second-order valence-electron chi connectivity index (χ2n) is 7.72. The van der Waals surface area contributed by atoms with Gasteiger partial charge in [-0.1, -0.05) is 59.3 Å². The Bertz CT molecular complexity index is 1240. The number of rotatable bonds is 8. The summed E-state index contributed by atoms with van der Waals surface area (Å²) in [5.74, 6) is -0.269. The zero-order valence-electron chi connectivity index (χ0n) is 18.4. The van der Waals surface area contributed by atoms with Crippen LogP contribution in [0.25, 0.3) is 22.5 Å². The number of aromatic nitrogens is 2. The first-order valence-corrected chi connectivity index (χ1v) is 11.5. The van der Waals surface area contributed by atoms with Crippen LogP contribution >= 0.6 is 11.3 Å². The van der Waals surface area contributed by atoms with Crippen LogP contribution < -0.4 is 10.6 Å². The molecule has 168 valence electrons. The molecule has 0 saturated heterocycles. The number of benzene rings is 2. The van der Waals surface area contributed by atoms with Gasteiger partial charge in [0.2, 0.25) is 11.7 Å². The minimum atomic E-state index is -0.392. The molecule has 2 aromatic carbocycles. The van der Waals surface area contributed by atoms with Crippen LogP contribution in [0.5, 0.6) is 0 Å². The number of thiazole rings is 1. The molecule has 7 nitrogen and oxygen atoms in total. The molecule has 2 aromatic heterocycles. The van der Waals surface area contributed by atoms with E-state index < -0.39 is 5.91 Å². The summed E-state index contributed by atoms with van der Waals surface area (Å²) in [5.41, 5.74) is 5.60. The van der Waals surface area contributed by atoms with Gasteiger partial charge in [-0.2, -0.15) is 0 Å². The van der Waals surface area contributed by atoms with E-state index in [0.29, 0.717) is 17.4 Å². The molecule has 0 aliphatic carbocycles. The monoisotopic (exact) mass is 460 g/mol. The molecule has 0 bridgehead atoms. The summed E-state index contributed by atoms with van der Waals surface area (Å²) in [6, 6.07) is 17.6. The fourth-order valence-corrected chi connectivity index (χ4v) is 3.98. The molecule has 0 spiro atoms. The second-order valence-corrected chi connectivity index (χ2v) is 8.58. The van der Waals surface area contributed by atoms with Crippen LogP contribution in [0.2, 0.25) is 0 Å². The van der Waals surface area contributed by atoms with Crippen LogP contribution in [-0.4, -0.2) is 28.5 Å². The summed E-state index contributed by atoms with van der Waals surface area (Å²) < 4.78 is 5.23. The average Bonchev–Trinajstić information content (AvgIpc) is 3.48. The van der Waals surface area contributed by atoms with Gasteiger partial charge in [-0.15, -0.1) is 11.3 Å². The van der Waals surface area contributed by atoms with Crippen molar-refractivity contribution >= 4 is 28.3 Å². The van der Waals surface area contributed by atoms with Crippen LogP contribution in [0, 0.1) is 6.92 Å². The van der Waals surface area contributed by atoms with Gasteiger partial charge < -0.3 is 9.84 Å². The third kappa shape index (κ3) is 5.93. The molecule has 0 fully saturated rings. The predicted octanol–water partition coefficient (Wildman–Crippen LogP) is 5.09. The lowest BCUT2D eigenvalue weighted by Crippen LogP contribution is -2.21. The first kappa shape index (κ1) is 22.4. The molecule has 33 heavy (non-hydrogen) atoms. The Labute approximate surface area is 195 Å². The topological polar surface area (TPSA) is 97.1 Å². The van der Waals surface area contributed by atoms with Crippen LogP contribution in [0.15, 0.2) is 64.5 Å². The van der Waals surface area contributed by atoms with E-state index in [1.165, 1.54) is 23.8 Å². The van der Waals surface area contributed by atoms with Crippen molar-refractivity contribution < 1.29 is 14.1 Å². The first-order valence-electron chi connectivity index (χ1n) is 10.6. The Kier molecular flexibility index (Phi) is 6.95. The smallest absolute Gasteiger partial charge is 0.296 e. The largest absolute Gasteiger partial charge is 0.356 e. The summed E-state index contributed by atoms with van der Waals surface area (Å²) >= 11 is 1.35. The zero-order chi connectivity index (χ0) is 23.2. The summed E-state index contributed by atoms with van der Waals surface area (Å²) in [6.07, 6.45) is 1.78. The first-order chi connectivity index (χ1) is 16.0. The van der Waals surface area contributed by atoms with E-state index in [-0.39, 0.29) is 11.7 Å². The van der Waals surface area contributed by atoms with Gasteiger partial charge in [0.05, 0.1) is 5.69 Å². The highest BCUT2D eigenvalue weighted by atomic mass is 32.1. The van der Waals surface area contributed by atoms with E-state index in [1.54, 1.807) is 6.07 Å². The molecule has 2 heterocycles. The molecule has 0 aliphatic rings. The fourth-order valence-electron chi connectivity index (χ4n) is 3.26. The van der Waals surface area contributed by atoms with Gasteiger partial charge in [-0.3, -0.25) is 14.9 Å². The second kappa shape index (κ2) is 10.2. The van der Waals surface area contributed by atoms with Crippen molar-refractivity contribution in [1.29, 1.82) is 0 Å². The Morgan fingerprint density at radius 1 is 1.00 bits per heavy atom. The van der Waals surface area contributed by atoms with Crippen LogP contribution in [0.3, 0.4) is 0 Å². The van der Waals surface area contributed by atoms with Gasteiger partial charge >= 0.3 is 0 Å². The average molecular weight is 461 g/mol. The number of amides is 2. The maximum absolute atomic E-state index is 12.6. The molecule has 0 saturated carbocycles. The van der Waals surface area contributed by atoms with Crippen LogP contribution in [0.4, 0.5) is 5.13 Å². The third-order valence-electron chi connectivity index (χ3n) is 5.07. The predicted molar refractivity (Wildman–Crippen MR) is 129 cm³/mol. The Morgan fingerprint density at radius 3 is 2.42 bits per heavy atom. The van der Waals surface area contributed by atoms with Gasteiger partial charge in [0.15, 0.2) is 5.13 Å². The van der Waals surface area contributed by atoms with Crippen molar-refractivity contribution in [2.45, 2.75) is 26.7 Å². The Balaban J connectivity index is 1.35. The highest BCUT2D eigenvalue weighted by molar-refractivity contribution is 7.14. The molecule has 2 amide bonds. The van der Waals surface area contributed by atoms with Gasteiger partial charge in [-0.05, 0) is 25.3 Å². The van der Waals surface area contributed by atoms with E-state index in [2.05, 4.69) is 32.9 Å². The molecule has 4 aromatic rings. The Morgan fingerprint density at radius 2 is 1.70 bits per heavy atom. The van der Waals surface area contributed by atoms with E-state index in [1.807, 2.05) is 48.7 Å². The molecule has 2 N–H and O–H groups in total. The SMILES string of the molecule is CC(=O)NCCCc1ccc(-c2csc(NC(=O)c3cc(-c4ccc(C)cc4)no3)n2)cc1. The molecule has 0 unspecified atom stereocenters. The van der Waals surface area contributed by atoms with E-state index in [4.69, 9.17) is 4.52 Å². The van der Waals surface area contributed by atoms with E-state index in [9.17, 15) is 9.59 Å². The number of hydrogen-bond donors (Lipinski definition) is 2. The number of carbonyl (C=O) groups is 2. The summed E-state index contributed by atoms with van der Waals surface area (Å²) in [5, 5.41) is 12.0. The van der Waals surface area contributed by atoms with Crippen molar-refractivity contribution in [1.82, 2.24) is 15.5 Å². The van der Waals surface area contributed by atoms with Crippen molar-refractivity contribution in [2.75, 3.05) is 11.9 Å². The van der Waals surface area contributed by atoms with E-state index >= 15 is 0 Å². The number of aryl methyl sites for hydroxylation is 2. The lowest BCUT2D eigenvalue weighted by atomic mass is 10.1. The van der Waals surface area contributed by atoms with E-state index in [0.717, 1.165) is 35.2 Å². The number of hydrogen-bond acceptors (Lipinski definition) is 6.